The lowest BCUT2D eigenvalue weighted by Gasteiger charge is -2.10. The largest absolute Gasteiger partial charge is 0.395 e. The lowest BCUT2D eigenvalue weighted by atomic mass is 10.1. The van der Waals surface area contributed by atoms with E-state index in [2.05, 4.69) is 30.9 Å². The van der Waals surface area contributed by atoms with E-state index in [4.69, 9.17) is 5.73 Å². The summed E-state index contributed by atoms with van der Waals surface area (Å²) in [6.07, 6.45) is 3.25. The Morgan fingerprint density at radius 3 is 2.37 bits per heavy atom. The molecule has 1 aromatic heterocycles. The van der Waals surface area contributed by atoms with Gasteiger partial charge in [0, 0.05) is 23.5 Å². The lowest BCUT2D eigenvalue weighted by molar-refractivity contribution is 0.611. The highest BCUT2D eigenvalue weighted by atomic mass is 79.9. The Morgan fingerprint density at radius 1 is 1.04 bits per heavy atom. The van der Waals surface area contributed by atoms with Gasteiger partial charge in [-0.25, -0.2) is 14.4 Å². The standard InChI is InChI=1S/C21H18BrFN4/c1-14-7-9-15(10-8-14)20(27-13-16-5-2-3-6-17(16)23)18(22)19(24)21-25-11-4-12-26-21/h2-12H,13,24H2,1H3. The van der Waals surface area contributed by atoms with E-state index in [-0.39, 0.29) is 12.4 Å². The van der Waals surface area contributed by atoms with Crippen molar-refractivity contribution in [2.45, 2.75) is 13.5 Å². The van der Waals surface area contributed by atoms with Crippen molar-refractivity contribution in [3.8, 4) is 0 Å². The molecule has 0 amide bonds. The zero-order valence-corrected chi connectivity index (χ0v) is 16.3. The van der Waals surface area contributed by atoms with Crippen molar-refractivity contribution in [3.63, 3.8) is 0 Å². The predicted octanol–water partition coefficient (Wildman–Crippen LogP) is 4.64. The number of halogens is 2. The molecule has 0 aliphatic heterocycles. The Kier molecular flexibility index (Phi) is 6.08. The van der Waals surface area contributed by atoms with Gasteiger partial charge in [0.2, 0.25) is 0 Å². The monoisotopic (exact) mass is 424 g/mol. The maximum absolute atomic E-state index is 14.0. The Bertz CT molecular complexity index is 983. The molecule has 0 saturated heterocycles. The summed E-state index contributed by atoms with van der Waals surface area (Å²) >= 11 is 3.54. The molecule has 3 aromatic rings. The van der Waals surface area contributed by atoms with Crippen molar-refractivity contribution in [2.24, 2.45) is 10.7 Å². The molecule has 0 bridgehead atoms. The summed E-state index contributed by atoms with van der Waals surface area (Å²) in [5, 5.41) is 0. The second kappa shape index (κ2) is 8.68. The number of hydrogen-bond donors (Lipinski definition) is 1. The Morgan fingerprint density at radius 2 is 1.70 bits per heavy atom. The van der Waals surface area contributed by atoms with Crippen LogP contribution in [0, 0.1) is 12.7 Å². The van der Waals surface area contributed by atoms with Crippen LogP contribution in [-0.4, -0.2) is 15.7 Å². The van der Waals surface area contributed by atoms with Gasteiger partial charge in [0.15, 0.2) is 5.82 Å². The fraction of sp³-hybridized carbons (Fsp3) is 0.0952. The van der Waals surface area contributed by atoms with Gasteiger partial charge in [-0.15, -0.1) is 0 Å². The molecule has 1 heterocycles. The highest BCUT2D eigenvalue weighted by Gasteiger charge is 2.14. The average molecular weight is 425 g/mol. The smallest absolute Gasteiger partial charge is 0.176 e. The summed E-state index contributed by atoms with van der Waals surface area (Å²) in [4.78, 5) is 13.0. The van der Waals surface area contributed by atoms with Gasteiger partial charge < -0.3 is 5.73 Å². The van der Waals surface area contributed by atoms with Crippen LogP contribution in [0.4, 0.5) is 4.39 Å². The molecule has 0 aliphatic carbocycles. The van der Waals surface area contributed by atoms with Gasteiger partial charge in [-0.05, 0) is 35.0 Å². The van der Waals surface area contributed by atoms with Gasteiger partial charge in [0.1, 0.15) is 5.82 Å². The third kappa shape index (κ3) is 4.65. The summed E-state index contributed by atoms with van der Waals surface area (Å²) in [5.41, 5.74) is 9.74. The number of rotatable bonds is 5. The van der Waals surface area contributed by atoms with Crippen LogP contribution in [0.1, 0.15) is 22.5 Å². The molecule has 2 aromatic carbocycles. The summed E-state index contributed by atoms with van der Waals surface area (Å²) in [6.45, 7) is 2.20. The summed E-state index contributed by atoms with van der Waals surface area (Å²) in [7, 11) is 0. The maximum Gasteiger partial charge on any atom is 0.176 e. The van der Waals surface area contributed by atoms with E-state index in [1.807, 2.05) is 31.2 Å². The van der Waals surface area contributed by atoms with Crippen molar-refractivity contribution in [2.75, 3.05) is 0 Å². The van der Waals surface area contributed by atoms with E-state index in [1.54, 1.807) is 36.7 Å². The fourth-order valence-electron chi connectivity index (χ4n) is 2.45. The Hall–Kier alpha value is -2.86. The van der Waals surface area contributed by atoms with Gasteiger partial charge in [0.05, 0.1) is 22.4 Å². The van der Waals surface area contributed by atoms with Crippen molar-refractivity contribution in [1.29, 1.82) is 0 Å². The predicted molar refractivity (Wildman–Crippen MR) is 110 cm³/mol. The molecule has 6 heteroatoms. The molecule has 0 spiro atoms. The van der Waals surface area contributed by atoms with E-state index in [0.717, 1.165) is 11.1 Å². The van der Waals surface area contributed by atoms with Crippen LogP contribution in [0.15, 0.2) is 76.5 Å². The van der Waals surface area contributed by atoms with Crippen LogP contribution in [0.5, 0.6) is 0 Å². The van der Waals surface area contributed by atoms with Crippen LogP contribution in [0.2, 0.25) is 0 Å². The summed E-state index contributed by atoms with van der Waals surface area (Å²) < 4.78 is 14.5. The number of aromatic nitrogens is 2. The first-order valence-corrected chi connectivity index (χ1v) is 9.13. The van der Waals surface area contributed by atoms with Crippen molar-refractivity contribution < 1.29 is 4.39 Å². The number of allylic oxidation sites excluding steroid dienone is 1. The van der Waals surface area contributed by atoms with Crippen LogP contribution in [0.25, 0.3) is 5.70 Å². The maximum atomic E-state index is 14.0. The molecular weight excluding hydrogens is 407 g/mol. The van der Waals surface area contributed by atoms with Gasteiger partial charge in [0.25, 0.3) is 0 Å². The molecule has 0 fully saturated rings. The molecule has 0 saturated carbocycles. The third-order valence-electron chi connectivity index (χ3n) is 3.94. The molecule has 2 N–H and O–H groups in total. The van der Waals surface area contributed by atoms with E-state index in [1.165, 1.54) is 6.07 Å². The zero-order chi connectivity index (χ0) is 19.2. The number of nitrogens with two attached hydrogens (primary N) is 1. The molecule has 0 atom stereocenters. The van der Waals surface area contributed by atoms with Gasteiger partial charge in [-0.1, -0.05) is 48.0 Å². The van der Waals surface area contributed by atoms with E-state index < -0.39 is 0 Å². The van der Waals surface area contributed by atoms with Crippen LogP contribution in [-0.2, 0) is 6.54 Å². The normalized spacial score (nSPS) is 12.6. The number of nitrogens with zero attached hydrogens (tertiary/aromatic N) is 3. The molecular formula is C21H18BrFN4. The van der Waals surface area contributed by atoms with Crippen LogP contribution >= 0.6 is 15.9 Å². The number of benzene rings is 2. The number of aliphatic imine (C=N–C) groups is 1. The highest BCUT2D eigenvalue weighted by molar-refractivity contribution is 9.12. The highest BCUT2D eigenvalue weighted by Crippen LogP contribution is 2.23. The number of hydrogen-bond acceptors (Lipinski definition) is 4. The SMILES string of the molecule is Cc1ccc(C(=NCc2ccccc2F)C(Br)=C(N)c2ncccn2)cc1. The minimum atomic E-state index is -0.288. The van der Waals surface area contributed by atoms with E-state index >= 15 is 0 Å². The van der Waals surface area contributed by atoms with Crippen LogP contribution in [0.3, 0.4) is 0 Å². The van der Waals surface area contributed by atoms with Gasteiger partial charge in [-0.3, -0.25) is 4.99 Å². The fourth-order valence-corrected chi connectivity index (χ4v) is 2.99. The quantitative estimate of drug-likeness (QED) is 0.606. The lowest BCUT2D eigenvalue weighted by Crippen LogP contribution is -2.11. The Labute approximate surface area is 165 Å². The molecule has 0 radical (unpaired) electrons. The first-order chi connectivity index (χ1) is 13.1. The van der Waals surface area contributed by atoms with Crippen LogP contribution < -0.4 is 5.73 Å². The summed E-state index contributed by atoms with van der Waals surface area (Å²) in [5.74, 6) is 0.110. The van der Waals surface area contributed by atoms with Gasteiger partial charge >= 0.3 is 0 Å². The van der Waals surface area contributed by atoms with Crippen molar-refractivity contribution >= 4 is 27.3 Å². The molecule has 27 heavy (non-hydrogen) atoms. The second-order valence-corrected chi connectivity index (χ2v) is 6.72. The average Bonchev–Trinajstić information content (AvgIpc) is 2.70. The first-order valence-electron chi connectivity index (χ1n) is 8.34. The Balaban J connectivity index is 2.06. The topological polar surface area (TPSA) is 64.2 Å². The zero-order valence-electron chi connectivity index (χ0n) is 14.7. The first kappa shape index (κ1) is 18.9. The minimum Gasteiger partial charge on any atom is -0.395 e. The minimum absolute atomic E-state index is 0.188. The second-order valence-electron chi connectivity index (χ2n) is 5.92. The molecule has 4 nitrogen and oxygen atoms in total. The van der Waals surface area contributed by atoms with E-state index in [9.17, 15) is 4.39 Å². The van der Waals surface area contributed by atoms with Gasteiger partial charge in [-0.2, -0.15) is 0 Å². The molecule has 0 aliphatic rings. The third-order valence-corrected chi connectivity index (χ3v) is 4.74. The number of aryl methyl sites for hydroxylation is 1. The van der Waals surface area contributed by atoms with E-state index in [0.29, 0.717) is 27.3 Å². The molecule has 0 unspecified atom stereocenters. The molecule has 136 valence electrons. The van der Waals surface area contributed by atoms with Crippen molar-refractivity contribution in [3.05, 3.63) is 99.8 Å². The summed E-state index contributed by atoms with van der Waals surface area (Å²) in [6, 6.07) is 16.2. The molecule has 3 rings (SSSR count). The van der Waals surface area contributed by atoms with Crippen molar-refractivity contribution in [1.82, 2.24) is 9.97 Å².